The minimum atomic E-state index is -0.378. The summed E-state index contributed by atoms with van der Waals surface area (Å²) in [4.78, 5) is 5.07. The molecule has 1 nitrogen and oxygen atoms in total. The van der Waals surface area contributed by atoms with Gasteiger partial charge in [-0.2, -0.15) is 0 Å². The second kappa shape index (κ2) is 9.51. The van der Waals surface area contributed by atoms with Gasteiger partial charge in [-0.25, -0.2) is 0 Å². The molecule has 0 bridgehead atoms. The van der Waals surface area contributed by atoms with Crippen LogP contribution in [0.15, 0.2) is 143 Å². The van der Waals surface area contributed by atoms with E-state index < -0.39 is 0 Å². The minimum absolute atomic E-state index is 0.378. The summed E-state index contributed by atoms with van der Waals surface area (Å²) in [5.74, 6) is 0. The number of hydrogen-bond donors (Lipinski definition) is 0. The van der Waals surface area contributed by atoms with Gasteiger partial charge in [0.2, 0.25) is 0 Å². The van der Waals surface area contributed by atoms with Crippen molar-refractivity contribution in [3.8, 4) is 33.4 Å². The Kier molecular flexibility index (Phi) is 5.70. The maximum Gasteiger partial charge on any atom is 0.0726 e. The average molecular weight is 603 g/mol. The van der Waals surface area contributed by atoms with Gasteiger partial charge in [0.15, 0.2) is 0 Å². The zero-order valence-corrected chi connectivity index (χ0v) is 25.1. The highest BCUT2D eigenvalue weighted by Crippen LogP contribution is 2.63. The van der Waals surface area contributed by atoms with E-state index in [1.165, 1.54) is 61.2 Å². The van der Waals surface area contributed by atoms with E-state index in [9.17, 15) is 0 Å². The van der Waals surface area contributed by atoms with Crippen LogP contribution in [0.3, 0.4) is 0 Å². The summed E-state index contributed by atoms with van der Waals surface area (Å²) >= 11 is 3.82. The van der Waals surface area contributed by atoms with Crippen LogP contribution in [0.5, 0.6) is 0 Å². The molecule has 2 aliphatic carbocycles. The summed E-state index contributed by atoms with van der Waals surface area (Å²) in [6, 6.07) is 48.8. The summed E-state index contributed by atoms with van der Waals surface area (Å²) in [5.41, 5.74) is 17.0. The lowest BCUT2D eigenvalue weighted by molar-refractivity contribution is 0.793. The number of hydrogen-bond acceptors (Lipinski definition) is 1. The van der Waals surface area contributed by atoms with E-state index in [0.29, 0.717) is 0 Å². The molecule has 0 heterocycles. The van der Waals surface area contributed by atoms with Crippen molar-refractivity contribution in [3.05, 3.63) is 171 Å². The Morgan fingerprint density at radius 3 is 1.81 bits per heavy atom. The topological polar surface area (TPSA) is 12.4 Å². The van der Waals surface area contributed by atoms with Crippen LogP contribution in [0.1, 0.15) is 40.3 Å². The number of halogens is 1. The molecule has 42 heavy (non-hydrogen) atoms. The highest BCUT2D eigenvalue weighted by molar-refractivity contribution is 9.10. The Labute approximate surface area is 255 Å². The average Bonchev–Trinajstić information content (AvgIpc) is 3.48. The summed E-state index contributed by atoms with van der Waals surface area (Å²) in [5, 5.41) is 0. The first-order valence-corrected chi connectivity index (χ1v) is 15.2. The van der Waals surface area contributed by atoms with Crippen molar-refractivity contribution in [2.24, 2.45) is 4.99 Å². The molecule has 2 heteroatoms. The molecule has 8 rings (SSSR count). The normalized spacial score (nSPS) is 13.9. The third-order valence-corrected chi connectivity index (χ3v) is 9.58. The van der Waals surface area contributed by atoms with Gasteiger partial charge in [0.05, 0.1) is 11.1 Å². The molecule has 0 aromatic heterocycles. The first-order valence-electron chi connectivity index (χ1n) is 14.4. The van der Waals surface area contributed by atoms with E-state index in [4.69, 9.17) is 4.99 Å². The molecule has 1 spiro atoms. The third kappa shape index (κ3) is 3.52. The van der Waals surface area contributed by atoms with E-state index >= 15 is 0 Å². The van der Waals surface area contributed by atoms with Crippen molar-refractivity contribution in [1.82, 2.24) is 0 Å². The van der Waals surface area contributed by atoms with Crippen molar-refractivity contribution in [1.29, 1.82) is 0 Å². The standard InChI is InChI=1S/C40H28BrN/c1-25-11-3-10-18-39(25)42-26(2)29-12-4-5-13-30(29)27-19-21-33-34-22-20-28(41)24-38(34)40(37(33)23-27)35-16-8-6-14-31(35)32-15-7-9-17-36(32)40/h3-24H,1-2H3/b42-26+. The van der Waals surface area contributed by atoms with Gasteiger partial charge in [0.25, 0.3) is 0 Å². The fraction of sp³-hybridized carbons (Fsp3) is 0.0750. The quantitative estimate of drug-likeness (QED) is 0.178. The number of para-hydroxylation sites is 1. The Hall–Kier alpha value is -4.53. The minimum Gasteiger partial charge on any atom is -0.253 e. The lowest BCUT2D eigenvalue weighted by Crippen LogP contribution is -2.26. The molecule has 6 aromatic rings. The van der Waals surface area contributed by atoms with Gasteiger partial charge in [0.1, 0.15) is 0 Å². The fourth-order valence-electron chi connectivity index (χ4n) is 7.26. The molecule has 0 unspecified atom stereocenters. The Morgan fingerprint density at radius 2 is 1.10 bits per heavy atom. The van der Waals surface area contributed by atoms with E-state index in [2.05, 4.69) is 163 Å². The zero-order valence-electron chi connectivity index (χ0n) is 23.5. The van der Waals surface area contributed by atoms with Crippen molar-refractivity contribution < 1.29 is 0 Å². The maximum absolute atomic E-state index is 5.07. The van der Waals surface area contributed by atoms with Gasteiger partial charge in [0, 0.05) is 15.7 Å². The van der Waals surface area contributed by atoms with Crippen molar-refractivity contribution >= 4 is 27.3 Å². The Morgan fingerprint density at radius 1 is 0.548 bits per heavy atom. The van der Waals surface area contributed by atoms with Crippen LogP contribution < -0.4 is 0 Å². The second-order valence-electron chi connectivity index (χ2n) is 11.3. The van der Waals surface area contributed by atoms with Crippen LogP contribution in [0.4, 0.5) is 5.69 Å². The smallest absolute Gasteiger partial charge is 0.0726 e. The van der Waals surface area contributed by atoms with Gasteiger partial charge in [-0.05, 0) is 99.3 Å². The number of nitrogens with zero attached hydrogens (tertiary/aromatic N) is 1. The van der Waals surface area contributed by atoms with Gasteiger partial charge in [-0.3, -0.25) is 4.99 Å². The molecular weight excluding hydrogens is 574 g/mol. The molecule has 0 aliphatic heterocycles. The van der Waals surface area contributed by atoms with Crippen LogP contribution >= 0.6 is 15.9 Å². The van der Waals surface area contributed by atoms with E-state index in [0.717, 1.165) is 21.4 Å². The highest BCUT2D eigenvalue weighted by atomic mass is 79.9. The third-order valence-electron chi connectivity index (χ3n) is 9.08. The second-order valence-corrected chi connectivity index (χ2v) is 12.2. The molecule has 0 radical (unpaired) electrons. The van der Waals surface area contributed by atoms with Crippen LogP contribution in [-0.2, 0) is 5.41 Å². The number of rotatable bonds is 3. The van der Waals surface area contributed by atoms with Gasteiger partial charge in [-0.15, -0.1) is 0 Å². The molecular formula is C40H28BrN. The van der Waals surface area contributed by atoms with Gasteiger partial charge < -0.3 is 0 Å². The molecule has 0 fully saturated rings. The van der Waals surface area contributed by atoms with E-state index in [1.54, 1.807) is 0 Å². The van der Waals surface area contributed by atoms with Gasteiger partial charge >= 0.3 is 0 Å². The Bertz CT molecular complexity index is 2040. The number of aliphatic imine (C=N–C) groups is 1. The highest BCUT2D eigenvalue weighted by Gasteiger charge is 2.51. The summed E-state index contributed by atoms with van der Waals surface area (Å²) in [6.45, 7) is 4.24. The van der Waals surface area contributed by atoms with Crippen LogP contribution in [0, 0.1) is 6.92 Å². The predicted octanol–water partition coefficient (Wildman–Crippen LogP) is 10.9. The molecule has 0 saturated heterocycles. The van der Waals surface area contributed by atoms with Crippen molar-refractivity contribution in [2.45, 2.75) is 19.3 Å². The van der Waals surface area contributed by atoms with Gasteiger partial charge in [-0.1, -0.05) is 125 Å². The summed E-state index contributed by atoms with van der Waals surface area (Å²) in [7, 11) is 0. The summed E-state index contributed by atoms with van der Waals surface area (Å²) < 4.78 is 1.10. The lowest BCUT2D eigenvalue weighted by atomic mass is 9.70. The van der Waals surface area contributed by atoms with Crippen LogP contribution in [-0.4, -0.2) is 5.71 Å². The number of benzene rings is 6. The maximum atomic E-state index is 5.07. The molecule has 0 N–H and O–H groups in total. The van der Waals surface area contributed by atoms with Crippen LogP contribution in [0.25, 0.3) is 33.4 Å². The molecule has 6 aromatic carbocycles. The molecule has 200 valence electrons. The molecule has 0 atom stereocenters. The molecule has 0 amide bonds. The molecule has 2 aliphatic rings. The number of fused-ring (bicyclic) bond motifs is 10. The van der Waals surface area contributed by atoms with Crippen molar-refractivity contribution in [3.63, 3.8) is 0 Å². The monoisotopic (exact) mass is 601 g/mol. The summed E-state index contributed by atoms with van der Waals surface area (Å²) in [6.07, 6.45) is 0. The predicted molar refractivity (Wildman–Crippen MR) is 179 cm³/mol. The lowest BCUT2D eigenvalue weighted by Gasteiger charge is -2.31. The van der Waals surface area contributed by atoms with Crippen LogP contribution in [0.2, 0.25) is 0 Å². The zero-order chi connectivity index (χ0) is 28.4. The Balaban J connectivity index is 1.39. The largest absolute Gasteiger partial charge is 0.253 e. The first-order chi connectivity index (χ1) is 20.6. The fourth-order valence-corrected chi connectivity index (χ4v) is 7.62. The van der Waals surface area contributed by atoms with Crippen molar-refractivity contribution in [2.75, 3.05) is 0 Å². The number of aryl methyl sites for hydroxylation is 1. The van der Waals surface area contributed by atoms with E-state index in [1.807, 2.05) is 0 Å². The molecule has 0 saturated carbocycles. The SMILES string of the molecule is C/C(=N\c1ccccc1C)c1ccccc1-c1ccc2c(c1)C1(c3ccccc3-c3ccccc31)c1cc(Br)ccc1-2. The first kappa shape index (κ1) is 25.2. The van der Waals surface area contributed by atoms with E-state index in [-0.39, 0.29) is 5.41 Å².